The zero-order chi connectivity index (χ0) is 10.9. The molecule has 1 fully saturated rings. The van der Waals surface area contributed by atoms with E-state index < -0.39 is 5.92 Å². The lowest BCUT2D eigenvalue weighted by Gasteiger charge is -2.15. The van der Waals surface area contributed by atoms with Crippen LogP contribution >= 0.6 is 11.6 Å². The molecule has 0 amide bonds. The molecule has 0 unspecified atom stereocenters. The van der Waals surface area contributed by atoms with Crippen LogP contribution in [0.25, 0.3) is 0 Å². The zero-order valence-corrected chi connectivity index (χ0v) is 8.84. The van der Waals surface area contributed by atoms with Gasteiger partial charge in [-0.2, -0.15) is 0 Å². The van der Waals surface area contributed by atoms with Gasteiger partial charge in [0.2, 0.25) is 0 Å². The van der Waals surface area contributed by atoms with Crippen LogP contribution in [0.1, 0.15) is 12.0 Å². The fraction of sp³-hybridized carbons (Fsp3) is 0.500. The summed E-state index contributed by atoms with van der Waals surface area (Å²) < 4.78 is 25.8. The number of hydrogen-bond acceptors (Lipinski definition) is 2. The minimum atomic E-state index is -2.55. The topological polar surface area (TPSA) is 16.1 Å². The highest BCUT2D eigenvalue weighted by Gasteiger charge is 2.37. The number of aromatic nitrogens is 1. The second-order valence-electron chi connectivity index (χ2n) is 3.78. The van der Waals surface area contributed by atoms with Crippen LogP contribution in [-0.4, -0.2) is 28.9 Å². The number of pyridine rings is 1. The number of alkyl halides is 2. The van der Waals surface area contributed by atoms with Gasteiger partial charge in [-0.15, -0.1) is 0 Å². The van der Waals surface area contributed by atoms with Crippen molar-refractivity contribution in [1.82, 2.24) is 9.88 Å². The van der Waals surface area contributed by atoms with Crippen LogP contribution < -0.4 is 0 Å². The zero-order valence-electron chi connectivity index (χ0n) is 8.09. The molecular weight excluding hydrogens is 222 g/mol. The predicted octanol–water partition coefficient (Wildman–Crippen LogP) is 2.58. The molecule has 1 aliphatic heterocycles. The van der Waals surface area contributed by atoms with Gasteiger partial charge in [0.15, 0.2) is 0 Å². The Kier molecular flexibility index (Phi) is 2.89. The molecule has 82 valence electrons. The van der Waals surface area contributed by atoms with E-state index in [1.807, 2.05) is 0 Å². The number of rotatable bonds is 2. The first-order valence-corrected chi connectivity index (χ1v) is 5.13. The lowest BCUT2D eigenvalue weighted by atomic mass is 10.2. The molecule has 0 N–H and O–H groups in total. The van der Waals surface area contributed by atoms with Gasteiger partial charge in [-0.3, -0.25) is 9.88 Å². The molecule has 1 aromatic rings. The average Bonchev–Trinajstić information content (AvgIpc) is 2.50. The van der Waals surface area contributed by atoms with Crippen LogP contribution in [0, 0.1) is 0 Å². The van der Waals surface area contributed by atoms with Crippen LogP contribution in [0.2, 0.25) is 5.02 Å². The smallest absolute Gasteiger partial charge is 0.261 e. The number of likely N-dealkylation sites (tertiary alicyclic amines) is 1. The number of nitrogens with zero attached hydrogens (tertiary/aromatic N) is 2. The molecule has 2 nitrogen and oxygen atoms in total. The Morgan fingerprint density at radius 1 is 1.53 bits per heavy atom. The number of halogens is 3. The summed E-state index contributed by atoms with van der Waals surface area (Å²) in [6, 6.07) is 1.67. The maximum Gasteiger partial charge on any atom is 0.261 e. The minimum absolute atomic E-state index is 0.0646. The maximum absolute atomic E-state index is 12.9. The quantitative estimate of drug-likeness (QED) is 0.779. The molecule has 15 heavy (non-hydrogen) atoms. The SMILES string of the molecule is FC1(F)CCN(Cc2cnccc2Cl)C1. The summed E-state index contributed by atoms with van der Waals surface area (Å²) in [5.74, 6) is -2.55. The maximum atomic E-state index is 12.9. The molecule has 1 aliphatic rings. The average molecular weight is 233 g/mol. The Morgan fingerprint density at radius 2 is 2.33 bits per heavy atom. The summed E-state index contributed by atoms with van der Waals surface area (Å²) in [4.78, 5) is 5.62. The molecule has 0 spiro atoms. The normalized spacial score (nSPS) is 20.7. The van der Waals surface area contributed by atoms with Crippen LogP contribution in [-0.2, 0) is 6.54 Å². The van der Waals surface area contributed by atoms with Gasteiger partial charge in [0, 0.05) is 42.5 Å². The fourth-order valence-electron chi connectivity index (χ4n) is 1.71. The summed E-state index contributed by atoms with van der Waals surface area (Å²) in [6.07, 6.45) is 3.15. The van der Waals surface area contributed by atoms with Gasteiger partial charge in [-0.05, 0) is 6.07 Å². The Labute approximate surface area is 91.9 Å². The van der Waals surface area contributed by atoms with Crippen molar-refractivity contribution in [3.8, 4) is 0 Å². The van der Waals surface area contributed by atoms with Gasteiger partial charge in [-0.25, -0.2) is 8.78 Å². The molecule has 0 radical (unpaired) electrons. The molecule has 0 aromatic carbocycles. The largest absolute Gasteiger partial charge is 0.293 e. The van der Waals surface area contributed by atoms with E-state index in [1.54, 1.807) is 23.4 Å². The molecule has 2 heterocycles. The summed E-state index contributed by atoms with van der Waals surface area (Å²) in [7, 11) is 0. The lowest BCUT2D eigenvalue weighted by Crippen LogP contribution is -2.25. The number of hydrogen-bond donors (Lipinski definition) is 0. The first kappa shape index (κ1) is 10.8. The molecular formula is C10H11ClF2N2. The molecule has 1 saturated heterocycles. The van der Waals surface area contributed by atoms with Gasteiger partial charge < -0.3 is 0 Å². The van der Waals surface area contributed by atoms with Crippen LogP contribution in [0.3, 0.4) is 0 Å². The van der Waals surface area contributed by atoms with Crippen molar-refractivity contribution in [3.63, 3.8) is 0 Å². The first-order valence-electron chi connectivity index (χ1n) is 4.75. The monoisotopic (exact) mass is 232 g/mol. The van der Waals surface area contributed by atoms with Gasteiger partial charge in [0.05, 0.1) is 6.54 Å². The van der Waals surface area contributed by atoms with E-state index in [4.69, 9.17) is 11.6 Å². The van der Waals surface area contributed by atoms with E-state index in [9.17, 15) is 8.78 Å². The molecule has 0 atom stereocenters. The Balaban J connectivity index is 2.02. The van der Waals surface area contributed by atoms with Gasteiger partial charge >= 0.3 is 0 Å². The minimum Gasteiger partial charge on any atom is -0.293 e. The fourth-order valence-corrected chi connectivity index (χ4v) is 1.87. The Hall–Kier alpha value is -0.740. The summed E-state index contributed by atoms with van der Waals surface area (Å²) in [5, 5.41) is 0.584. The van der Waals surface area contributed by atoms with Crippen molar-refractivity contribution < 1.29 is 8.78 Å². The van der Waals surface area contributed by atoms with Crippen molar-refractivity contribution in [3.05, 3.63) is 29.0 Å². The van der Waals surface area contributed by atoms with E-state index in [2.05, 4.69) is 4.98 Å². The molecule has 1 aromatic heterocycles. The highest BCUT2D eigenvalue weighted by Crippen LogP contribution is 2.28. The highest BCUT2D eigenvalue weighted by molar-refractivity contribution is 6.31. The lowest BCUT2D eigenvalue weighted by molar-refractivity contribution is 0.0115. The van der Waals surface area contributed by atoms with Gasteiger partial charge in [-0.1, -0.05) is 11.6 Å². The summed E-state index contributed by atoms with van der Waals surface area (Å²) in [6.45, 7) is 0.679. The van der Waals surface area contributed by atoms with E-state index in [0.29, 0.717) is 18.1 Å². The van der Waals surface area contributed by atoms with Gasteiger partial charge in [0.1, 0.15) is 0 Å². The van der Waals surface area contributed by atoms with E-state index in [0.717, 1.165) is 5.56 Å². The summed E-state index contributed by atoms with van der Waals surface area (Å²) in [5.41, 5.74) is 0.803. The third-order valence-corrected chi connectivity index (χ3v) is 2.86. The molecule has 0 bridgehead atoms. The van der Waals surface area contributed by atoms with Crippen molar-refractivity contribution >= 4 is 11.6 Å². The van der Waals surface area contributed by atoms with Crippen molar-refractivity contribution in [1.29, 1.82) is 0 Å². The first-order chi connectivity index (χ1) is 7.07. The van der Waals surface area contributed by atoms with Gasteiger partial charge in [0.25, 0.3) is 5.92 Å². The third-order valence-electron chi connectivity index (χ3n) is 2.49. The highest BCUT2D eigenvalue weighted by atomic mass is 35.5. The summed E-state index contributed by atoms with van der Waals surface area (Å²) >= 11 is 5.92. The Morgan fingerprint density at radius 3 is 2.93 bits per heavy atom. The second-order valence-corrected chi connectivity index (χ2v) is 4.19. The van der Waals surface area contributed by atoms with Crippen molar-refractivity contribution in [2.75, 3.05) is 13.1 Å². The Bertz CT molecular complexity index is 357. The second kappa shape index (κ2) is 4.02. The molecule has 0 saturated carbocycles. The van der Waals surface area contributed by atoms with Crippen LogP contribution in [0.15, 0.2) is 18.5 Å². The van der Waals surface area contributed by atoms with E-state index in [1.165, 1.54) is 0 Å². The van der Waals surface area contributed by atoms with E-state index in [-0.39, 0.29) is 13.0 Å². The standard InChI is InChI=1S/C10H11ClF2N2/c11-9-1-3-14-5-8(9)6-15-4-2-10(12,13)7-15/h1,3,5H,2,4,6-7H2. The predicted molar refractivity (Wildman–Crippen MR) is 54.1 cm³/mol. The van der Waals surface area contributed by atoms with Crippen LogP contribution in [0.5, 0.6) is 0 Å². The molecule has 5 heteroatoms. The molecule has 2 rings (SSSR count). The van der Waals surface area contributed by atoms with Crippen molar-refractivity contribution in [2.45, 2.75) is 18.9 Å². The van der Waals surface area contributed by atoms with Crippen LogP contribution in [0.4, 0.5) is 8.78 Å². The third kappa shape index (κ3) is 2.63. The van der Waals surface area contributed by atoms with Crippen molar-refractivity contribution in [2.24, 2.45) is 0 Å². The van der Waals surface area contributed by atoms with E-state index >= 15 is 0 Å². The molecule has 0 aliphatic carbocycles.